The smallest absolute Gasteiger partial charge is 0.409 e. The van der Waals surface area contributed by atoms with E-state index in [2.05, 4.69) is 5.32 Å². The summed E-state index contributed by atoms with van der Waals surface area (Å²) in [5.41, 5.74) is -0.494. The zero-order valence-corrected chi connectivity index (χ0v) is 18.6. The lowest BCUT2D eigenvalue weighted by Gasteiger charge is -2.55. The molecule has 1 fully saturated rings. The summed E-state index contributed by atoms with van der Waals surface area (Å²) in [4.78, 5) is 16.5. The quantitative estimate of drug-likeness (QED) is 0.501. The monoisotopic (exact) mass is 425 g/mol. The molecule has 1 atom stereocenters. The predicted octanol–water partition coefficient (Wildman–Crippen LogP) is 2.04. The second kappa shape index (κ2) is 10.3. The van der Waals surface area contributed by atoms with Gasteiger partial charge in [0, 0.05) is 53.1 Å². The number of carbonyl (C=O) groups excluding carboxylic acids is 1. The van der Waals surface area contributed by atoms with Crippen molar-refractivity contribution in [3.8, 4) is 0 Å². The van der Waals surface area contributed by atoms with Crippen molar-refractivity contribution in [3.05, 3.63) is 35.9 Å². The largest absolute Gasteiger partial charge is 0.444 e. The summed E-state index contributed by atoms with van der Waals surface area (Å²) in [6.45, 7) is 5.76. The average Bonchev–Trinajstić information content (AvgIpc) is 2.78. The Morgan fingerprint density at radius 1 is 1.14 bits per heavy atom. The van der Waals surface area contributed by atoms with E-state index in [4.69, 9.17) is 31.2 Å². The minimum absolute atomic E-state index is 0.152. The van der Waals surface area contributed by atoms with Crippen molar-refractivity contribution in [1.82, 2.24) is 15.1 Å². The number of nitrogens with zero attached hydrogens (tertiary/aromatic N) is 2. The number of nitrogens with one attached hydrogen (secondary N) is 1. The van der Waals surface area contributed by atoms with Crippen LogP contribution in [-0.2, 0) is 18.9 Å². The highest BCUT2D eigenvalue weighted by atomic mass is 32.1. The van der Waals surface area contributed by atoms with Crippen LogP contribution in [0.25, 0.3) is 0 Å². The molecule has 1 aromatic rings. The summed E-state index contributed by atoms with van der Waals surface area (Å²) < 4.78 is 23.1. The van der Waals surface area contributed by atoms with Crippen molar-refractivity contribution in [2.75, 3.05) is 54.1 Å². The first kappa shape index (κ1) is 23.5. The Hall–Kier alpha value is -1.78. The van der Waals surface area contributed by atoms with Gasteiger partial charge in [0.05, 0.1) is 0 Å². The highest BCUT2D eigenvalue weighted by molar-refractivity contribution is 7.80. The second-order valence-electron chi connectivity index (χ2n) is 6.49. The van der Waals surface area contributed by atoms with Crippen molar-refractivity contribution in [1.29, 1.82) is 0 Å². The van der Waals surface area contributed by atoms with Crippen LogP contribution < -0.4 is 5.32 Å². The molecule has 1 aromatic carbocycles. The van der Waals surface area contributed by atoms with Crippen LogP contribution in [0.4, 0.5) is 4.79 Å². The van der Waals surface area contributed by atoms with Crippen LogP contribution >= 0.6 is 12.2 Å². The molecule has 29 heavy (non-hydrogen) atoms. The van der Waals surface area contributed by atoms with E-state index in [1.807, 2.05) is 49.1 Å². The Kier molecular flexibility index (Phi) is 8.35. The molecule has 0 radical (unpaired) electrons. The van der Waals surface area contributed by atoms with Crippen LogP contribution in [-0.4, -0.2) is 86.6 Å². The first-order valence-electron chi connectivity index (χ1n) is 9.64. The van der Waals surface area contributed by atoms with Crippen LogP contribution in [0.1, 0.15) is 19.4 Å². The van der Waals surface area contributed by atoms with Crippen LogP contribution in [0.15, 0.2) is 30.3 Å². The van der Waals surface area contributed by atoms with Gasteiger partial charge < -0.3 is 28.7 Å². The van der Waals surface area contributed by atoms with Crippen LogP contribution in [0.3, 0.4) is 0 Å². The minimum Gasteiger partial charge on any atom is -0.444 e. The van der Waals surface area contributed by atoms with Gasteiger partial charge in [-0.1, -0.05) is 42.5 Å². The number of carbonyl (C=O) groups is 1. The molecule has 1 heterocycles. The Labute approximate surface area is 178 Å². The van der Waals surface area contributed by atoms with Crippen molar-refractivity contribution < 1.29 is 23.7 Å². The van der Waals surface area contributed by atoms with Crippen LogP contribution in [0.2, 0.25) is 0 Å². The first-order valence-corrected chi connectivity index (χ1v) is 10.0. The summed E-state index contributed by atoms with van der Waals surface area (Å²) >= 11 is 5.79. The molecule has 0 aliphatic carbocycles. The zero-order chi connectivity index (χ0) is 21.5. The molecule has 2 rings (SSSR count). The number of piperazine rings is 1. The molecule has 0 aromatic heterocycles. The standard InChI is InChI=1S/C20H31N3O5S/c1-6-22(7-2)18(24)28-15-19(25-3)20(26-4,27-5)21-13-14-23(19)17(29)16-11-9-8-10-12-16/h8-12,21H,6-7,13-15H2,1-5H3. The van der Waals surface area contributed by atoms with Gasteiger partial charge in [0.2, 0.25) is 5.72 Å². The van der Waals surface area contributed by atoms with E-state index in [0.29, 0.717) is 31.2 Å². The molecule has 8 nitrogen and oxygen atoms in total. The van der Waals surface area contributed by atoms with Crippen molar-refractivity contribution in [2.45, 2.75) is 25.5 Å². The molecular formula is C20H31N3O5S. The summed E-state index contributed by atoms with van der Waals surface area (Å²) in [6.07, 6.45) is -0.441. The second-order valence-corrected chi connectivity index (χ2v) is 6.88. The van der Waals surface area contributed by atoms with Gasteiger partial charge in [-0.15, -0.1) is 0 Å². The van der Waals surface area contributed by atoms with Crippen molar-refractivity contribution in [2.24, 2.45) is 0 Å². The fraction of sp³-hybridized carbons (Fsp3) is 0.600. The summed E-state index contributed by atoms with van der Waals surface area (Å²) in [7, 11) is 4.53. The number of amides is 1. The summed E-state index contributed by atoms with van der Waals surface area (Å²) in [6, 6.07) is 9.60. The Balaban J connectivity index is 2.44. The van der Waals surface area contributed by atoms with Gasteiger partial charge in [-0.25, -0.2) is 4.79 Å². The molecule has 0 saturated carbocycles. The molecule has 1 aliphatic heterocycles. The maximum atomic E-state index is 12.5. The zero-order valence-electron chi connectivity index (χ0n) is 17.8. The molecule has 0 spiro atoms. The molecule has 162 valence electrons. The molecule has 1 amide bonds. The highest BCUT2D eigenvalue weighted by Gasteiger charge is 2.62. The molecule has 9 heteroatoms. The fourth-order valence-corrected chi connectivity index (χ4v) is 3.96. The number of rotatable bonds is 8. The third-order valence-corrected chi connectivity index (χ3v) is 5.69. The predicted molar refractivity (Wildman–Crippen MR) is 114 cm³/mol. The van der Waals surface area contributed by atoms with E-state index in [1.165, 1.54) is 21.3 Å². The lowest BCUT2D eigenvalue weighted by molar-refractivity contribution is -0.374. The number of benzene rings is 1. The average molecular weight is 426 g/mol. The van der Waals surface area contributed by atoms with E-state index >= 15 is 0 Å². The van der Waals surface area contributed by atoms with E-state index in [-0.39, 0.29) is 6.61 Å². The normalized spacial score (nSPS) is 20.9. The van der Waals surface area contributed by atoms with E-state index in [0.717, 1.165) is 5.56 Å². The Morgan fingerprint density at radius 2 is 1.76 bits per heavy atom. The van der Waals surface area contributed by atoms with E-state index < -0.39 is 17.7 Å². The summed E-state index contributed by atoms with van der Waals surface area (Å²) in [5.74, 6) is -1.40. The number of methoxy groups -OCH3 is 3. The number of hydrogen-bond donors (Lipinski definition) is 1. The van der Waals surface area contributed by atoms with Crippen molar-refractivity contribution in [3.63, 3.8) is 0 Å². The minimum atomic E-state index is -1.40. The summed E-state index contributed by atoms with van der Waals surface area (Å²) in [5, 5.41) is 3.22. The lowest BCUT2D eigenvalue weighted by Crippen LogP contribution is -2.80. The van der Waals surface area contributed by atoms with Gasteiger partial charge >= 0.3 is 6.09 Å². The molecular weight excluding hydrogens is 394 g/mol. The highest BCUT2D eigenvalue weighted by Crippen LogP contribution is 2.36. The van der Waals surface area contributed by atoms with Crippen LogP contribution in [0.5, 0.6) is 0 Å². The third kappa shape index (κ3) is 4.39. The number of thiocarbonyl (C=S) groups is 1. The van der Waals surface area contributed by atoms with Gasteiger partial charge in [0.1, 0.15) is 11.6 Å². The SMILES string of the molecule is CCN(CC)C(=O)OCC1(OC)N(C(=S)c2ccccc2)CCNC1(OC)OC. The van der Waals surface area contributed by atoms with Crippen LogP contribution in [0, 0.1) is 0 Å². The maximum absolute atomic E-state index is 12.5. The Morgan fingerprint density at radius 3 is 2.28 bits per heavy atom. The van der Waals surface area contributed by atoms with Gasteiger partial charge in [-0.05, 0) is 13.8 Å². The lowest BCUT2D eigenvalue weighted by atomic mass is 10.0. The van der Waals surface area contributed by atoms with Gasteiger partial charge in [0.15, 0.2) is 0 Å². The fourth-order valence-electron chi connectivity index (χ4n) is 3.59. The number of hydrogen-bond acceptors (Lipinski definition) is 7. The molecule has 1 aliphatic rings. The topological polar surface area (TPSA) is 72.5 Å². The van der Waals surface area contributed by atoms with E-state index in [1.54, 1.807) is 4.90 Å². The van der Waals surface area contributed by atoms with Gasteiger partial charge in [0.25, 0.3) is 5.91 Å². The van der Waals surface area contributed by atoms with Crippen molar-refractivity contribution >= 4 is 23.3 Å². The number of ether oxygens (including phenoxy) is 4. The first-order chi connectivity index (χ1) is 13.9. The maximum Gasteiger partial charge on any atom is 0.409 e. The molecule has 1 unspecified atom stereocenters. The van der Waals surface area contributed by atoms with Gasteiger partial charge in [-0.2, -0.15) is 0 Å². The third-order valence-electron chi connectivity index (χ3n) is 5.23. The Bertz CT molecular complexity index is 682. The van der Waals surface area contributed by atoms with E-state index in [9.17, 15) is 4.79 Å². The molecule has 1 saturated heterocycles. The molecule has 0 bridgehead atoms. The van der Waals surface area contributed by atoms with Gasteiger partial charge in [-0.3, -0.25) is 5.32 Å². The molecule has 1 N–H and O–H groups in total.